The molecule has 0 saturated carbocycles. The summed E-state index contributed by atoms with van der Waals surface area (Å²) in [5.74, 6) is 0. The number of nitriles is 1. The zero-order valence-electron chi connectivity index (χ0n) is 12.4. The van der Waals surface area contributed by atoms with Gasteiger partial charge in [0.2, 0.25) is 0 Å². The number of fused-ring (bicyclic) bond motifs is 1. The quantitative estimate of drug-likeness (QED) is 0.787. The Balaban J connectivity index is 0.000000224. The Bertz CT molecular complexity index is 441. The second-order valence-electron chi connectivity index (χ2n) is 5.86. The van der Waals surface area contributed by atoms with Crippen molar-refractivity contribution in [2.24, 2.45) is 0 Å². The highest BCUT2D eigenvalue weighted by atomic mass is 16.6. The van der Waals surface area contributed by atoms with Crippen LogP contribution in [0.3, 0.4) is 0 Å². The van der Waals surface area contributed by atoms with Crippen LogP contribution in [0.25, 0.3) is 0 Å². The standard InChI is InChI=1S/C11H11N.C5H13NO/c12-8-9-5-6-10-3-1-2-4-11(10)7-9;1-5(2,3)6-7-4/h5-7H,1-4H2;6H,1-4H3. The van der Waals surface area contributed by atoms with E-state index >= 15 is 0 Å². The van der Waals surface area contributed by atoms with Crippen molar-refractivity contribution < 1.29 is 4.84 Å². The summed E-state index contributed by atoms with van der Waals surface area (Å²) in [6.45, 7) is 6.11. The monoisotopic (exact) mass is 260 g/mol. The maximum Gasteiger partial charge on any atom is 0.0991 e. The molecule has 2 rings (SSSR count). The lowest BCUT2D eigenvalue weighted by Gasteiger charge is -2.17. The highest BCUT2D eigenvalue weighted by molar-refractivity contribution is 5.39. The van der Waals surface area contributed by atoms with Crippen LogP contribution in [0.15, 0.2) is 18.2 Å². The molecule has 0 amide bonds. The van der Waals surface area contributed by atoms with Gasteiger partial charge in [-0.2, -0.15) is 10.7 Å². The van der Waals surface area contributed by atoms with Crippen molar-refractivity contribution in [3.8, 4) is 6.07 Å². The van der Waals surface area contributed by atoms with Crippen LogP contribution in [0, 0.1) is 11.3 Å². The van der Waals surface area contributed by atoms with Crippen LogP contribution in [0.5, 0.6) is 0 Å². The van der Waals surface area contributed by atoms with Gasteiger partial charge in [0.05, 0.1) is 18.7 Å². The summed E-state index contributed by atoms with van der Waals surface area (Å²) < 4.78 is 0. The minimum Gasteiger partial charge on any atom is -0.305 e. The number of hydrogen-bond donors (Lipinski definition) is 1. The summed E-state index contributed by atoms with van der Waals surface area (Å²) in [4.78, 5) is 4.66. The van der Waals surface area contributed by atoms with Crippen LogP contribution >= 0.6 is 0 Å². The molecule has 1 aliphatic carbocycles. The first-order valence-corrected chi connectivity index (χ1v) is 6.78. The smallest absolute Gasteiger partial charge is 0.0991 e. The number of hydroxylamine groups is 1. The van der Waals surface area contributed by atoms with Crippen molar-refractivity contribution in [3.63, 3.8) is 0 Å². The van der Waals surface area contributed by atoms with E-state index in [4.69, 9.17) is 5.26 Å². The molecule has 0 fully saturated rings. The molecule has 104 valence electrons. The molecule has 1 aliphatic rings. The second-order valence-corrected chi connectivity index (χ2v) is 5.86. The largest absolute Gasteiger partial charge is 0.305 e. The van der Waals surface area contributed by atoms with E-state index in [1.807, 2.05) is 32.9 Å². The van der Waals surface area contributed by atoms with E-state index in [0.29, 0.717) is 0 Å². The average Bonchev–Trinajstić information content (AvgIpc) is 2.37. The highest BCUT2D eigenvalue weighted by Crippen LogP contribution is 2.21. The van der Waals surface area contributed by atoms with Crippen LogP contribution in [0.1, 0.15) is 50.3 Å². The molecule has 0 radical (unpaired) electrons. The van der Waals surface area contributed by atoms with Gasteiger partial charge in [0, 0.05) is 5.54 Å². The van der Waals surface area contributed by atoms with Gasteiger partial charge < -0.3 is 4.84 Å². The molecule has 1 aromatic carbocycles. The first-order valence-electron chi connectivity index (χ1n) is 6.78. The molecule has 0 atom stereocenters. The van der Waals surface area contributed by atoms with Crippen molar-refractivity contribution in [1.82, 2.24) is 5.48 Å². The van der Waals surface area contributed by atoms with Crippen LogP contribution in [-0.2, 0) is 17.7 Å². The van der Waals surface area contributed by atoms with Crippen LogP contribution in [-0.4, -0.2) is 12.6 Å². The van der Waals surface area contributed by atoms with Gasteiger partial charge in [-0.3, -0.25) is 0 Å². The fourth-order valence-corrected chi connectivity index (χ4v) is 2.11. The Morgan fingerprint density at radius 1 is 1.16 bits per heavy atom. The topological polar surface area (TPSA) is 45.0 Å². The molecule has 0 bridgehead atoms. The Morgan fingerprint density at radius 3 is 2.26 bits per heavy atom. The Morgan fingerprint density at radius 2 is 1.79 bits per heavy atom. The van der Waals surface area contributed by atoms with Crippen molar-refractivity contribution in [2.45, 2.75) is 52.0 Å². The minimum atomic E-state index is 0.0781. The second kappa shape index (κ2) is 7.28. The molecule has 0 aromatic heterocycles. The molecule has 0 spiro atoms. The molecule has 0 unspecified atom stereocenters. The molecule has 0 saturated heterocycles. The van der Waals surface area contributed by atoms with Gasteiger partial charge in [-0.05, 0) is 69.7 Å². The van der Waals surface area contributed by atoms with Crippen LogP contribution in [0.2, 0.25) is 0 Å². The fraction of sp³-hybridized carbons (Fsp3) is 0.562. The number of nitrogens with one attached hydrogen (secondary N) is 1. The van der Waals surface area contributed by atoms with Gasteiger partial charge in [0.25, 0.3) is 0 Å². The van der Waals surface area contributed by atoms with Gasteiger partial charge in [0.1, 0.15) is 0 Å². The predicted octanol–water partition coefficient (Wildman–Crippen LogP) is 3.37. The minimum absolute atomic E-state index is 0.0781. The molecular formula is C16H24N2O. The maximum absolute atomic E-state index is 8.69. The van der Waals surface area contributed by atoms with Crippen molar-refractivity contribution in [1.29, 1.82) is 5.26 Å². The summed E-state index contributed by atoms with van der Waals surface area (Å²) in [6, 6.07) is 8.24. The zero-order valence-corrected chi connectivity index (χ0v) is 12.4. The van der Waals surface area contributed by atoms with Gasteiger partial charge in [-0.15, -0.1) is 0 Å². The molecule has 0 heterocycles. The zero-order chi connectivity index (χ0) is 14.3. The summed E-state index contributed by atoms with van der Waals surface area (Å²) in [5, 5.41) is 8.69. The predicted molar refractivity (Wildman–Crippen MR) is 77.7 cm³/mol. The molecule has 3 heteroatoms. The Kier molecular flexibility index (Phi) is 6.01. The van der Waals surface area contributed by atoms with Crippen molar-refractivity contribution >= 4 is 0 Å². The van der Waals surface area contributed by atoms with Crippen LogP contribution in [0.4, 0.5) is 0 Å². The summed E-state index contributed by atoms with van der Waals surface area (Å²) in [7, 11) is 1.62. The highest BCUT2D eigenvalue weighted by Gasteiger charge is 2.08. The van der Waals surface area contributed by atoms with E-state index in [1.54, 1.807) is 7.11 Å². The van der Waals surface area contributed by atoms with Crippen molar-refractivity contribution in [3.05, 3.63) is 34.9 Å². The van der Waals surface area contributed by atoms with E-state index in [9.17, 15) is 0 Å². The molecule has 1 N–H and O–H groups in total. The van der Waals surface area contributed by atoms with Gasteiger partial charge in [-0.1, -0.05) is 6.07 Å². The number of benzene rings is 1. The third-order valence-corrected chi connectivity index (χ3v) is 2.89. The number of aryl methyl sites for hydroxylation is 2. The number of rotatable bonds is 1. The van der Waals surface area contributed by atoms with E-state index in [1.165, 1.54) is 30.4 Å². The number of nitrogens with zero attached hydrogens (tertiary/aromatic N) is 1. The fourth-order valence-electron chi connectivity index (χ4n) is 2.11. The van der Waals surface area contributed by atoms with Gasteiger partial charge in [-0.25, -0.2) is 0 Å². The maximum atomic E-state index is 8.69. The summed E-state index contributed by atoms with van der Waals surface area (Å²) in [6.07, 6.45) is 4.94. The first kappa shape index (κ1) is 15.7. The summed E-state index contributed by atoms with van der Waals surface area (Å²) in [5.41, 5.74) is 6.50. The average molecular weight is 260 g/mol. The molecule has 1 aromatic rings. The van der Waals surface area contributed by atoms with E-state index in [2.05, 4.69) is 22.5 Å². The lowest BCUT2D eigenvalue weighted by atomic mass is 9.91. The Hall–Kier alpha value is -1.37. The first-order chi connectivity index (χ1) is 8.96. The number of hydrogen-bond acceptors (Lipinski definition) is 3. The molecule has 0 aliphatic heterocycles. The van der Waals surface area contributed by atoms with E-state index < -0.39 is 0 Å². The third kappa shape index (κ3) is 5.87. The normalized spacial score (nSPS) is 13.8. The lowest BCUT2D eigenvalue weighted by Crippen LogP contribution is -2.34. The summed E-state index contributed by atoms with van der Waals surface area (Å²) >= 11 is 0. The SMILES string of the molecule is CONC(C)(C)C.N#Cc1ccc2c(c1)CCCC2. The van der Waals surface area contributed by atoms with Gasteiger partial charge in [0.15, 0.2) is 0 Å². The van der Waals surface area contributed by atoms with E-state index in [0.717, 1.165) is 12.0 Å². The molecular weight excluding hydrogens is 236 g/mol. The van der Waals surface area contributed by atoms with Crippen molar-refractivity contribution in [2.75, 3.05) is 7.11 Å². The van der Waals surface area contributed by atoms with Gasteiger partial charge >= 0.3 is 0 Å². The Labute approximate surface area is 116 Å². The van der Waals surface area contributed by atoms with Crippen LogP contribution < -0.4 is 5.48 Å². The molecule has 19 heavy (non-hydrogen) atoms. The third-order valence-electron chi connectivity index (χ3n) is 2.89. The lowest BCUT2D eigenvalue weighted by molar-refractivity contribution is 0.0348. The molecule has 3 nitrogen and oxygen atoms in total. The van der Waals surface area contributed by atoms with E-state index in [-0.39, 0.29) is 5.54 Å².